The van der Waals surface area contributed by atoms with E-state index in [0.717, 1.165) is 11.1 Å². The lowest BCUT2D eigenvalue weighted by molar-refractivity contribution is 0.104. The predicted molar refractivity (Wildman–Crippen MR) is 110 cm³/mol. The van der Waals surface area contributed by atoms with E-state index in [1.54, 1.807) is 36.4 Å². The predicted octanol–water partition coefficient (Wildman–Crippen LogP) is 6.21. The fraction of sp³-hybridized carbons (Fsp3) is 0. The Morgan fingerprint density at radius 3 is 1.85 bits per heavy atom. The minimum atomic E-state index is -0.123. The van der Waals surface area contributed by atoms with Gasteiger partial charge >= 0.3 is 0 Å². The number of ketones is 1. The monoisotopic (exact) mass is 369 g/mol. The summed E-state index contributed by atoms with van der Waals surface area (Å²) in [6.45, 7) is 0. The van der Waals surface area contributed by atoms with Gasteiger partial charge in [0.2, 0.25) is 0 Å². The molecule has 0 fully saturated rings. The molecule has 2 nitrogen and oxygen atoms in total. The van der Waals surface area contributed by atoms with Crippen molar-refractivity contribution in [3.8, 4) is 6.07 Å². The van der Waals surface area contributed by atoms with E-state index in [2.05, 4.69) is 6.07 Å². The molecule has 0 aliphatic carbocycles. The molecule has 3 aromatic rings. The maximum atomic E-state index is 12.7. The maximum Gasteiger partial charge on any atom is 0.186 e. The second-order valence-corrected chi connectivity index (χ2v) is 6.31. The molecule has 0 N–H and O–H groups in total. The summed E-state index contributed by atoms with van der Waals surface area (Å²) in [5.74, 6) is -0.123. The quantitative estimate of drug-likeness (QED) is 0.232. The van der Waals surface area contributed by atoms with Crippen LogP contribution in [-0.4, -0.2) is 5.78 Å². The molecule has 0 spiro atoms. The molecule has 3 aromatic carbocycles. The van der Waals surface area contributed by atoms with Crippen molar-refractivity contribution in [2.45, 2.75) is 0 Å². The van der Waals surface area contributed by atoms with Crippen molar-refractivity contribution in [1.82, 2.24) is 0 Å². The molecule has 3 heteroatoms. The zero-order valence-electron chi connectivity index (χ0n) is 14.5. The van der Waals surface area contributed by atoms with Crippen LogP contribution in [0.5, 0.6) is 0 Å². The van der Waals surface area contributed by atoms with Crippen molar-refractivity contribution in [2.75, 3.05) is 0 Å². The van der Waals surface area contributed by atoms with E-state index in [0.29, 0.717) is 21.7 Å². The average molecular weight is 370 g/mol. The van der Waals surface area contributed by atoms with E-state index in [1.807, 2.05) is 60.7 Å². The van der Waals surface area contributed by atoms with E-state index in [1.165, 1.54) is 0 Å². The third-order valence-electron chi connectivity index (χ3n) is 4.03. The highest BCUT2D eigenvalue weighted by Crippen LogP contribution is 2.24. The fourth-order valence-corrected chi connectivity index (χ4v) is 2.76. The molecule has 0 saturated carbocycles. The summed E-state index contributed by atoms with van der Waals surface area (Å²) in [4.78, 5) is 12.7. The average Bonchev–Trinajstić information content (AvgIpc) is 2.73. The number of benzene rings is 3. The lowest BCUT2D eigenvalue weighted by Crippen LogP contribution is -1.96. The maximum absolute atomic E-state index is 12.7. The normalized spacial score (nSPS) is 11.7. The van der Waals surface area contributed by atoms with Gasteiger partial charge in [0, 0.05) is 10.6 Å². The summed E-state index contributed by atoms with van der Waals surface area (Å²) < 4.78 is 0. The largest absolute Gasteiger partial charge is 0.289 e. The molecule has 0 saturated heterocycles. The molecule has 130 valence electrons. The molecule has 0 aliphatic rings. The zero-order valence-corrected chi connectivity index (χ0v) is 15.2. The Labute approximate surface area is 163 Å². The van der Waals surface area contributed by atoms with E-state index < -0.39 is 0 Å². The molecular formula is C24H16ClNO. The van der Waals surface area contributed by atoms with Crippen LogP contribution in [0.4, 0.5) is 0 Å². The summed E-state index contributed by atoms with van der Waals surface area (Å²) in [7, 11) is 0. The molecule has 0 aromatic heterocycles. The highest BCUT2D eigenvalue weighted by Gasteiger charge is 2.08. The van der Waals surface area contributed by atoms with Gasteiger partial charge in [-0.25, -0.2) is 0 Å². The fourth-order valence-electron chi connectivity index (χ4n) is 2.63. The van der Waals surface area contributed by atoms with Crippen LogP contribution < -0.4 is 0 Å². The van der Waals surface area contributed by atoms with Gasteiger partial charge in [0.05, 0.1) is 11.6 Å². The van der Waals surface area contributed by atoms with Gasteiger partial charge in [0.1, 0.15) is 0 Å². The zero-order chi connectivity index (χ0) is 19.1. The standard InChI is InChI=1S/C24H16ClNO/c25-23-13-11-19(12-14-23)21(16-24(27)20-9-5-2-6-10-20)15-22(17-26)18-7-3-1-4-8-18/h1-16H/b21-16+,22-15+. The number of hydrogen-bond donors (Lipinski definition) is 0. The van der Waals surface area contributed by atoms with Gasteiger partial charge in [0.15, 0.2) is 5.78 Å². The molecule has 27 heavy (non-hydrogen) atoms. The van der Waals surface area contributed by atoms with Crippen molar-refractivity contribution in [3.63, 3.8) is 0 Å². The Morgan fingerprint density at radius 2 is 1.30 bits per heavy atom. The highest BCUT2D eigenvalue weighted by molar-refractivity contribution is 6.30. The molecule has 0 atom stereocenters. The van der Waals surface area contributed by atoms with Crippen molar-refractivity contribution < 1.29 is 4.79 Å². The highest BCUT2D eigenvalue weighted by atomic mass is 35.5. The van der Waals surface area contributed by atoms with Gasteiger partial charge in [-0.05, 0) is 41.0 Å². The first-order valence-electron chi connectivity index (χ1n) is 8.41. The van der Waals surface area contributed by atoms with Crippen LogP contribution >= 0.6 is 11.6 Å². The summed E-state index contributed by atoms with van der Waals surface area (Å²) in [6.07, 6.45) is 3.29. The van der Waals surface area contributed by atoms with Crippen LogP contribution in [0.1, 0.15) is 21.5 Å². The molecule has 0 bridgehead atoms. The van der Waals surface area contributed by atoms with Gasteiger partial charge in [-0.2, -0.15) is 5.26 Å². The van der Waals surface area contributed by atoms with E-state index in [4.69, 9.17) is 11.6 Å². The summed E-state index contributed by atoms with van der Waals surface area (Å²) in [5.41, 5.74) is 3.34. The van der Waals surface area contributed by atoms with Crippen LogP contribution in [-0.2, 0) is 0 Å². The Hall–Kier alpha value is -3.41. The van der Waals surface area contributed by atoms with E-state index in [9.17, 15) is 10.1 Å². The smallest absolute Gasteiger partial charge is 0.186 e. The second-order valence-electron chi connectivity index (χ2n) is 5.87. The SMILES string of the molecule is N#C/C(=C\C(=C/C(=O)c1ccccc1)c1ccc(Cl)cc1)c1ccccc1. The molecule has 0 radical (unpaired) electrons. The number of carbonyl (C=O) groups excluding carboxylic acids is 1. The minimum Gasteiger partial charge on any atom is -0.289 e. The summed E-state index contributed by atoms with van der Waals surface area (Å²) in [5, 5.41) is 10.2. The van der Waals surface area contributed by atoms with Gasteiger partial charge in [-0.3, -0.25) is 4.79 Å². The first kappa shape index (κ1) is 18.4. The van der Waals surface area contributed by atoms with Gasteiger partial charge in [-0.15, -0.1) is 0 Å². The number of nitriles is 1. The number of allylic oxidation sites excluding steroid dienone is 4. The number of rotatable bonds is 5. The third-order valence-corrected chi connectivity index (χ3v) is 4.28. The van der Waals surface area contributed by atoms with Crippen molar-refractivity contribution in [1.29, 1.82) is 5.26 Å². The first-order chi connectivity index (χ1) is 13.2. The van der Waals surface area contributed by atoms with Crippen molar-refractivity contribution in [3.05, 3.63) is 119 Å². The van der Waals surface area contributed by atoms with Crippen LogP contribution in [0.2, 0.25) is 5.02 Å². The van der Waals surface area contributed by atoms with Gasteiger partial charge < -0.3 is 0 Å². The number of nitrogens with zero attached hydrogens (tertiary/aromatic N) is 1. The van der Waals surface area contributed by atoms with Crippen LogP contribution in [0.3, 0.4) is 0 Å². The Balaban J connectivity index is 2.09. The molecule has 0 aliphatic heterocycles. The molecular weight excluding hydrogens is 354 g/mol. The molecule has 0 unspecified atom stereocenters. The molecule has 0 amide bonds. The number of hydrogen-bond acceptors (Lipinski definition) is 2. The lowest BCUT2D eigenvalue weighted by atomic mass is 9.97. The summed E-state index contributed by atoms with van der Waals surface area (Å²) >= 11 is 5.99. The third kappa shape index (κ3) is 4.82. The number of halogens is 1. The van der Waals surface area contributed by atoms with Crippen molar-refractivity contribution >= 4 is 28.5 Å². The van der Waals surface area contributed by atoms with Gasteiger partial charge in [-0.1, -0.05) is 84.4 Å². The van der Waals surface area contributed by atoms with E-state index in [-0.39, 0.29) is 5.78 Å². The number of carbonyl (C=O) groups is 1. The van der Waals surface area contributed by atoms with Crippen LogP contribution in [0.15, 0.2) is 97.1 Å². The van der Waals surface area contributed by atoms with Crippen LogP contribution in [0.25, 0.3) is 11.1 Å². The van der Waals surface area contributed by atoms with E-state index >= 15 is 0 Å². The van der Waals surface area contributed by atoms with Crippen molar-refractivity contribution in [2.24, 2.45) is 0 Å². The summed E-state index contributed by atoms with van der Waals surface area (Å²) in [6, 6.07) is 27.9. The van der Waals surface area contributed by atoms with Crippen LogP contribution in [0, 0.1) is 11.3 Å². The minimum absolute atomic E-state index is 0.123. The Morgan fingerprint density at radius 1 is 0.741 bits per heavy atom. The topological polar surface area (TPSA) is 40.9 Å². The second kappa shape index (κ2) is 8.80. The first-order valence-corrected chi connectivity index (χ1v) is 8.79. The molecule has 3 rings (SSSR count). The Bertz CT molecular complexity index is 1030. The molecule has 0 heterocycles. The Kier molecular flexibility index (Phi) is 5.99. The van der Waals surface area contributed by atoms with Gasteiger partial charge in [0.25, 0.3) is 0 Å². The lowest BCUT2D eigenvalue weighted by Gasteiger charge is -2.06.